The van der Waals surface area contributed by atoms with Gasteiger partial charge in [-0.1, -0.05) is 25.7 Å². The SMILES string of the molecule is Cc1cc(N)ccc1SC1CCCCCC1. The molecule has 2 N–H and O–H groups in total. The van der Waals surface area contributed by atoms with Gasteiger partial charge in [0, 0.05) is 15.8 Å². The minimum absolute atomic E-state index is 0.824. The molecular weight excluding hydrogens is 214 g/mol. The standard InChI is InChI=1S/C14H21NS/c1-11-10-12(15)8-9-14(11)16-13-6-4-2-3-5-7-13/h8-10,13H,2-7,15H2,1H3. The molecule has 16 heavy (non-hydrogen) atoms. The van der Waals surface area contributed by atoms with Crippen LogP contribution >= 0.6 is 11.8 Å². The summed E-state index contributed by atoms with van der Waals surface area (Å²) in [6.45, 7) is 2.16. The first kappa shape index (κ1) is 11.8. The molecule has 0 amide bonds. The van der Waals surface area contributed by atoms with Crippen LogP contribution in [0.3, 0.4) is 0 Å². The first-order valence-electron chi connectivity index (χ1n) is 6.28. The number of aryl methyl sites for hydroxylation is 1. The van der Waals surface area contributed by atoms with Crippen molar-refractivity contribution in [3.8, 4) is 0 Å². The maximum atomic E-state index is 5.78. The van der Waals surface area contributed by atoms with Gasteiger partial charge in [-0.2, -0.15) is 0 Å². The maximum Gasteiger partial charge on any atom is 0.0317 e. The third-order valence-corrected chi connectivity index (χ3v) is 4.81. The summed E-state index contributed by atoms with van der Waals surface area (Å²) in [6.07, 6.45) is 8.44. The maximum absolute atomic E-state index is 5.78. The highest BCUT2D eigenvalue weighted by Crippen LogP contribution is 2.34. The lowest BCUT2D eigenvalue weighted by Gasteiger charge is -2.15. The molecule has 0 radical (unpaired) electrons. The van der Waals surface area contributed by atoms with Crippen molar-refractivity contribution in [3.63, 3.8) is 0 Å². The predicted octanol–water partition coefficient (Wildman–Crippen LogP) is 4.39. The number of nitrogen functional groups attached to an aromatic ring is 1. The number of hydrogen-bond donors (Lipinski definition) is 1. The zero-order chi connectivity index (χ0) is 11.4. The van der Waals surface area contributed by atoms with Crippen molar-refractivity contribution in [2.24, 2.45) is 0 Å². The number of rotatable bonds is 2. The van der Waals surface area contributed by atoms with E-state index in [1.165, 1.54) is 49.0 Å². The van der Waals surface area contributed by atoms with Gasteiger partial charge in [-0.15, -0.1) is 11.8 Å². The van der Waals surface area contributed by atoms with Crippen molar-refractivity contribution in [1.82, 2.24) is 0 Å². The summed E-state index contributed by atoms with van der Waals surface area (Å²) < 4.78 is 0. The molecule has 1 fully saturated rings. The van der Waals surface area contributed by atoms with Gasteiger partial charge in [0.05, 0.1) is 0 Å². The number of nitrogens with two attached hydrogens (primary N) is 1. The number of thioether (sulfide) groups is 1. The van der Waals surface area contributed by atoms with Crippen molar-refractivity contribution < 1.29 is 0 Å². The Morgan fingerprint density at radius 2 is 1.81 bits per heavy atom. The second-order valence-corrected chi connectivity index (χ2v) is 6.10. The van der Waals surface area contributed by atoms with E-state index in [1.54, 1.807) is 0 Å². The Balaban J connectivity index is 2.01. The Bertz CT molecular complexity index is 341. The summed E-state index contributed by atoms with van der Waals surface area (Å²) in [4.78, 5) is 1.42. The van der Waals surface area contributed by atoms with Gasteiger partial charge >= 0.3 is 0 Å². The zero-order valence-electron chi connectivity index (χ0n) is 10.0. The minimum Gasteiger partial charge on any atom is -0.399 e. The van der Waals surface area contributed by atoms with Crippen LogP contribution in [0.15, 0.2) is 23.1 Å². The van der Waals surface area contributed by atoms with Gasteiger partial charge in [0.1, 0.15) is 0 Å². The summed E-state index contributed by atoms with van der Waals surface area (Å²) in [5.41, 5.74) is 7.98. The molecule has 88 valence electrons. The Hall–Kier alpha value is -0.630. The van der Waals surface area contributed by atoms with E-state index in [2.05, 4.69) is 30.8 Å². The molecule has 0 aliphatic heterocycles. The van der Waals surface area contributed by atoms with Crippen molar-refractivity contribution in [1.29, 1.82) is 0 Å². The van der Waals surface area contributed by atoms with Gasteiger partial charge in [0.15, 0.2) is 0 Å². The predicted molar refractivity (Wildman–Crippen MR) is 72.9 cm³/mol. The van der Waals surface area contributed by atoms with Crippen LogP contribution in [0.2, 0.25) is 0 Å². The molecule has 1 aromatic carbocycles. The van der Waals surface area contributed by atoms with E-state index in [1.807, 2.05) is 6.07 Å². The minimum atomic E-state index is 0.824. The van der Waals surface area contributed by atoms with Crippen LogP contribution in [0.25, 0.3) is 0 Å². The van der Waals surface area contributed by atoms with Gasteiger partial charge in [0.25, 0.3) is 0 Å². The molecule has 0 heterocycles. The summed E-state index contributed by atoms with van der Waals surface area (Å²) in [5, 5.41) is 0.824. The second kappa shape index (κ2) is 5.62. The number of benzene rings is 1. The molecule has 2 heteroatoms. The van der Waals surface area contributed by atoms with Crippen LogP contribution in [0, 0.1) is 6.92 Å². The van der Waals surface area contributed by atoms with Gasteiger partial charge in [-0.3, -0.25) is 0 Å². The van der Waals surface area contributed by atoms with E-state index in [4.69, 9.17) is 5.73 Å². The summed E-state index contributed by atoms with van der Waals surface area (Å²) in [6, 6.07) is 6.28. The smallest absolute Gasteiger partial charge is 0.0317 e. The summed E-state index contributed by atoms with van der Waals surface area (Å²) >= 11 is 2.06. The van der Waals surface area contributed by atoms with Crippen molar-refractivity contribution in [2.45, 2.75) is 55.6 Å². The first-order valence-corrected chi connectivity index (χ1v) is 7.16. The molecule has 1 nitrogen and oxygen atoms in total. The van der Waals surface area contributed by atoms with Crippen LogP contribution in [-0.4, -0.2) is 5.25 Å². The molecule has 0 atom stereocenters. The quantitative estimate of drug-likeness (QED) is 0.607. The van der Waals surface area contributed by atoms with Gasteiger partial charge in [-0.05, 0) is 43.5 Å². The highest BCUT2D eigenvalue weighted by atomic mass is 32.2. The van der Waals surface area contributed by atoms with E-state index in [0.717, 1.165) is 10.9 Å². The van der Waals surface area contributed by atoms with Crippen molar-refractivity contribution >= 4 is 17.4 Å². The van der Waals surface area contributed by atoms with E-state index in [0.29, 0.717) is 0 Å². The first-order chi connectivity index (χ1) is 7.75. The molecule has 0 bridgehead atoms. The summed E-state index contributed by atoms with van der Waals surface area (Å²) in [7, 11) is 0. The fourth-order valence-corrected chi connectivity index (χ4v) is 3.66. The molecule has 1 aliphatic rings. The molecule has 2 rings (SSSR count). The Labute approximate surface area is 103 Å². The monoisotopic (exact) mass is 235 g/mol. The van der Waals surface area contributed by atoms with Crippen LogP contribution < -0.4 is 5.73 Å². The van der Waals surface area contributed by atoms with E-state index >= 15 is 0 Å². The third kappa shape index (κ3) is 3.18. The average molecular weight is 235 g/mol. The molecular formula is C14H21NS. The van der Waals surface area contributed by atoms with Gasteiger partial charge in [-0.25, -0.2) is 0 Å². The molecule has 1 aromatic rings. The van der Waals surface area contributed by atoms with Crippen LogP contribution in [0.1, 0.15) is 44.1 Å². The summed E-state index contributed by atoms with van der Waals surface area (Å²) in [5.74, 6) is 0. The Kier molecular flexibility index (Phi) is 4.16. The van der Waals surface area contributed by atoms with Gasteiger partial charge in [0.2, 0.25) is 0 Å². The van der Waals surface area contributed by atoms with Crippen molar-refractivity contribution in [2.75, 3.05) is 5.73 Å². The van der Waals surface area contributed by atoms with Crippen LogP contribution in [-0.2, 0) is 0 Å². The van der Waals surface area contributed by atoms with E-state index in [-0.39, 0.29) is 0 Å². The fraction of sp³-hybridized carbons (Fsp3) is 0.571. The zero-order valence-corrected chi connectivity index (χ0v) is 10.9. The highest BCUT2D eigenvalue weighted by molar-refractivity contribution is 8.00. The fourth-order valence-electron chi connectivity index (χ4n) is 2.34. The molecule has 0 unspecified atom stereocenters. The molecule has 0 aromatic heterocycles. The Morgan fingerprint density at radius 1 is 1.12 bits per heavy atom. The molecule has 1 saturated carbocycles. The molecule has 0 spiro atoms. The van der Waals surface area contributed by atoms with Gasteiger partial charge < -0.3 is 5.73 Å². The normalized spacial score (nSPS) is 18.3. The Morgan fingerprint density at radius 3 is 2.44 bits per heavy atom. The molecule has 0 saturated heterocycles. The van der Waals surface area contributed by atoms with E-state index in [9.17, 15) is 0 Å². The third-order valence-electron chi connectivity index (χ3n) is 3.29. The largest absolute Gasteiger partial charge is 0.399 e. The van der Waals surface area contributed by atoms with E-state index < -0.39 is 0 Å². The van der Waals surface area contributed by atoms with Crippen LogP contribution in [0.4, 0.5) is 5.69 Å². The lowest BCUT2D eigenvalue weighted by molar-refractivity contribution is 0.702. The van der Waals surface area contributed by atoms with Crippen LogP contribution in [0.5, 0.6) is 0 Å². The number of hydrogen-bond acceptors (Lipinski definition) is 2. The second-order valence-electron chi connectivity index (χ2n) is 4.76. The number of anilines is 1. The van der Waals surface area contributed by atoms with Crippen molar-refractivity contribution in [3.05, 3.63) is 23.8 Å². The topological polar surface area (TPSA) is 26.0 Å². The average Bonchev–Trinajstić information content (AvgIpc) is 2.51. The molecule has 1 aliphatic carbocycles. The highest BCUT2D eigenvalue weighted by Gasteiger charge is 2.14. The lowest BCUT2D eigenvalue weighted by atomic mass is 10.2. The lowest BCUT2D eigenvalue weighted by Crippen LogP contribution is -2.00.